The molecule has 19 heavy (non-hydrogen) atoms. The van der Waals surface area contributed by atoms with Crippen molar-refractivity contribution in [2.75, 3.05) is 13.2 Å². The summed E-state index contributed by atoms with van der Waals surface area (Å²) in [6.07, 6.45) is 1.54. The van der Waals surface area contributed by atoms with Crippen molar-refractivity contribution < 1.29 is 14.6 Å². The lowest BCUT2D eigenvalue weighted by Crippen LogP contribution is -2.14. The molecule has 0 saturated heterocycles. The lowest BCUT2D eigenvalue weighted by Gasteiger charge is -2.12. The highest BCUT2D eigenvalue weighted by molar-refractivity contribution is 5.77. The third-order valence-electron chi connectivity index (χ3n) is 3.02. The van der Waals surface area contributed by atoms with Gasteiger partial charge in [0.15, 0.2) is 0 Å². The average Bonchev–Trinajstić information content (AvgIpc) is 2.38. The van der Waals surface area contributed by atoms with Crippen molar-refractivity contribution in [3.63, 3.8) is 0 Å². The van der Waals surface area contributed by atoms with Gasteiger partial charge in [-0.05, 0) is 30.4 Å². The molecular formula is C16H24O3. The Morgan fingerprint density at radius 1 is 1.21 bits per heavy atom. The fraction of sp³-hybridized carbons (Fsp3) is 0.562. The summed E-state index contributed by atoms with van der Waals surface area (Å²) < 4.78 is 5.09. The van der Waals surface area contributed by atoms with Crippen LogP contribution in [0.1, 0.15) is 44.2 Å². The van der Waals surface area contributed by atoms with Crippen LogP contribution in [0.25, 0.3) is 0 Å². The molecule has 1 aromatic rings. The van der Waals surface area contributed by atoms with Gasteiger partial charge in [-0.3, -0.25) is 4.79 Å². The smallest absolute Gasteiger partial charge is 0.313 e. The zero-order valence-electron chi connectivity index (χ0n) is 12.1. The molecule has 106 valence electrons. The Bertz CT molecular complexity index is 381. The second kappa shape index (κ2) is 7.95. The van der Waals surface area contributed by atoms with E-state index in [1.807, 2.05) is 19.1 Å². The third kappa shape index (κ3) is 5.43. The van der Waals surface area contributed by atoms with E-state index in [4.69, 9.17) is 9.84 Å². The first kappa shape index (κ1) is 15.7. The number of benzene rings is 1. The number of hydrogen-bond donors (Lipinski definition) is 1. The van der Waals surface area contributed by atoms with E-state index >= 15 is 0 Å². The van der Waals surface area contributed by atoms with Crippen molar-refractivity contribution in [1.29, 1.82) is 0 Å². The van der Waals surface area contributed by atoms with Crippen LogP contribution in [-0.2, 0) is 16.0 Å². The zero-order chi connectivity index (χ0) is 14.3. The lowest BCUT2D eigenvalue weighted by atomic mass is 9.97. The van der Waals surface area contributed by atoms with Gasteiger partial charge >= 0.3 is 5.97 Å². The first-order valence-corrected chi connectivity index (χ1v) is 6.91. The second-order valence-corrected chi connectivity index (χ2v) is 5.31. The summed E-state index contributed by atoms with van der Waals surface area (Å²) in [5.74, 6) is 0.142. The van der Waals surface area contributed by atoms with E-state index in [0.717, 1.165) is 12.0 Å². The summed E-state index contributed by atoms with van der Waals surface area (Å²) in [5, 5.41) is 8.65. The fourth-order valence-electron chi connectivity index (χ4n) is 1.91. The van der Waals surface area contributed by atoms with Gasteiger partial charge < -0.3 is 9.84 Å². The number of carbonyl (C=O) groups is 1. The molecule has 0 fully saturated rings. The maximum absolute atomic E-state index is 11.8. The predicted octanol–water partition coefficient (Wildman–Crippen LogP) is 2.91. The standard InChI is InChI=1S/C16H24O3/c1-12(2)11-14-5-7-15(8-6-14)13(3)16(18)19-10-4-9-17/h5-8,12-13,17H,4,9-11H2,1-3H3/t13-/m0/s1. The van der Waals surface area contributed by atoms with E-state index in [2.05, 4.69) is 26.0 Å². The zero-order valence-corrected chi connectivity index (χ0v) is 12.1. The minimum Gasteiger partial charge on any atom is -0.465 e. The maximum atomic E-state index is 11.8. The minimum atomic E-state index is -0.258. The topological polar surface area (TPSA) is 46.5 Å². The molecule has 0 saturated carbocycles. The summed E-state index contributed by atoms with van der Waals surface area (Å²) >= 11 is 0. The van der Waals surface area contributed by atoms with Gasteiger partial charge in [-0.15, -0.1) is 0 Å². The van der Waals surface area contributed by atoms with Crippen molar-refractivity contribution in [3.05, 3.63) is 35.4 Å². The Kier molecular flexibility index (Phi) is 6.57. The molecule has 0 aliphatic carbocycles. The van der Waals surface area contributed by atoms with Gasteiger partial charge in [0.1, 0.15) is 0 Å². The van der Waals surface area contributed by atoms with Crippen LogP contribution in [-0.4, -0.2) is 24.3 Å². The summed E-state index contributed by atoms with van der Waals surface area (Å²) in [6.45, 7) is 6.56. The molecule has 3 heteroatoms. The van der Waals surface area contributed by atoms with Gasteiger partial charge in [0, 0.05) is 13.0 Å². The highest BCUT2D eigenvalue weighted by Gasteiger charge is 2.16. The highest BCUT2D eigenvalue weighted by atomic mass is 16.5. The van der Waals surface area contributed by atoms with Crippen LogP contribution in [0.15, 0.2) is 24.3 Å². The summed E-state index contributed by atoms with van der Waals surface area (Å²) in [4.78, 5) is 11.8. The van der Waals surface area contributed by atoms with Crippen molar-refractivity contribution in [2.24, 2.45) is 5.92 Å². The van der Waals surface area contributed by atoms with Gasteiger partial charge in [-0.1, -0.05) is 38.1 Å². The number of esters is 1. The van der Waals surface area contributed by atoms with Crippen molar-refractivity contribution >= 4 is 5.97 Å². The van der Waals surface area contributed by atoms with Crippen LogP contribution in [0.2, 0.25) is 0 Å². The SMILES string of the molecule is CC(C)Cc1ccc([C@H](C)C(=O)OCCCO)cc1. The number of carbonyl (C=O) groups excluding carboxylic acids is 1. The second-order valence-electron chi connectivity index (χ2n) is 5.31. The highest BCUT2D eigenvalue weighted by Crippen LogP contribution is 2.18. The number of ether oxygens (including phenoxy) is 1. The van der Waals surface area contributed by atoms with Crippen LogP contribution >= 0.6 is 0 Å². The van der Waals surface area contributed by atoms with Crippen LogP contribution in [0.3, 0.4) is 0 Å². The molecule has 0 aliphatic rings. The maximum Gasteiger partial charge on any atom is 0.313 e. The predicted molar refractivity (Wildman–Crippen MR) is 76.1 cm³/mol. The lowest BCUT2D eigenvalue weighted by molar-refractivity contribution is -0.145. The molecule has 0 unspecified atom stereocenters. The van der Waals surface area contributed by atoms with E-state index in [1.54, 1.807) is 0 Å². The molecule has 0 aromatic heterocycles. The van der Waals surface area contributed by atoms with E-state index in [0.29, 0.717) is 12.3 Å². The number of aliphatic hydroxyl groups is 1. The molecule has 0 bridgehead atoms. The largest absolute Gasteiger partial charge is 0.465 e. The van der Waals surface area contributed by atoms with Gasteiger partial charge in [0.2, 0.25) is 0 Å². The Morgan fingerprint density at radius 3 is 2.37 bits per heavy atom. The van der Waals surface area contributed by atoms with E-state index in [-0.39, 0.29) is 25.1 Å². The number of rotatable bonds is 7. The normalized spacial score (nSPS) is 12.5. The molecule has 1 rings (SSSR count). The fourth-order valence-corrected chi connectivity index (χ4v) is 1.91. The molecule has 1 N–H and O–H groups in total. The first-order chi connectivity index (χ1) is 9.04. The monoisotopic (exact) mass is 264 g/mol. The van der Waals surface area contributed by atoms with Crippen molar-refractivity contribution in [2.45, 2.75) is 39.5 Å². The summed E-state index contributed by atoms with van der Waals surface area (Å²) in [7, 11) is 0. The Labute approximate surface area is 115 Å². The molecule has 1 aromatic carbocycles. The van der Waals surface area contributed by atoms with Crippen LogP contribution in [0.4, 0.5) is 0 Å². The Morgan fingerprint density at radius 2 is 1.84 bits per heavy atom. The van der Waals surface area contributed by atoms with Crippen LogP contribution < -0.4 is 0 Å². The number of hydrogen-bond acceptors (Lipinski definition) is 3. The molecule has 0 aliphatic heterocycles. The molecule has 0 radical (unpaired) electrons. The van der Waals surface area contributed by atoms with Crippen LogP contribution in [0, 0.1) is 5.92 Å². The third-order valence-corrected chi connectivity index (χ3v) is 3.02. The molecular weight excluding hydrogens is 240 g/mol. The molecule has 3 nitrogen and oxygen atoms in total. The van der Waals surface area contributed by atoms with E-state index < -0.39 is 0 Å². The summed E-state index contributed by atoms with van der Waals surface area (Å²) in [5.41, 5.74) is 2.26. The van der Waals surface area contributed by atoms with Gasteiger partial charge in [0.05, 0.1) is 12.5 Å². The van der Waals surface area contributed by atoms with Gasteiger partial charge in [-0.2, -0.15) is 0 Å². The Balaban J connectivity index is 2.56. The average molecular weight is 264 g/mol. The van der Waals surface area contributed by atoms with Gasteiger partial charge in [-0.25, -0.2) is 0 Å². The quantitative estimate of drug-likeness (QED) is 0.608. The molecule has 0 amide bonds. The first-order valence-electron chi connectivity index (χ1n) is 6.91. The summed E-state index contributed by atoms with van der Waals surface area (Å²) in [6, 6.07) is 8.14. The van der Waals surface area contributed by atoms with Crippen LogP contribution in [0.5, 0.6) is 0 Å². The van der Waals surface area contributed by atoms with Crippen molar-refractivity contribution in [1.82, 2.24) is 0 Å². The van der Waals surface area contributed by atoms with Crippen molar-refractivity contribution in [3.8, 4) is 0 Å². The molecule has 0 spiro atoms. The Hall–Kier alpha value is -1.35. The minimum absolute atomic E-state index is 0.0472. The molecule has 1 atom stereocenters. The van der Waals surface area contributed by atoms with E-state index in [1.165, 1.54) is 5.56 Å². The number of aliphatic hydroxyl groups excluding tert-OH is 1. The van der Waals surface area contributed by atoms with Gasteiger partial charge in [0.25, 0.3) is 0 Å². The van der Waals surface area contributed by atoms with E-state index in [9.17, 15) is 4.79 Å². The molecule has 0 heterocycles.